The summed E-state index contributed by atoms with van der Waals surface area (Å²) in [4.78, 5) is 28.6. The van der Waals surface area contributed by atoms with E-state index in [1.165, 1.54) is 12.1 Å². The van der Waals surface area contributed by atoms with Crippen molar-refractivity contribution in [1.82, 2.24) is 0 Å². The Bertz CT molecular complexity index is 530. The molecule has 0 fully saturated rings. The van der Waals surface area contributed by atoms with Crippen LogP contribution in [0.2, 0.25) is 0 Å². The van der Waals surface area contributed by atoms with Crippen molar-refractivity contribution < 1.29 is 28.4 Å². The van der Waals surface area contributed by atoms with E-state index in [9.17, 15) is 9.36 Å². The highest BCUT2D eigenvalue weighted by Gasteiger charge is 2.16. The molecule has 0 saturated carbocycles. The molecule has 20 heavy (non-hydrogen) atoms. The molecule has 0 amide bonds. The number of phosphoric ester groups is 1. The van der Waals surface area contributed by atoms with Crippen molar-refractivity contribution >= 4 is 13.8 Å². The molecule has 6 nitrogen and oxygen atoms in total. The van der Waals surface area contributed by atoms with Crippen molar-refractivity contribution in [3.05, 3.63) is 42.0 Å². The summed E-state index contributed by atoms with van der Waals surface area (Å²) in [7, 11) is -4.54. The number of carbonyl (C=O) groups is 1. The number of rotatable bonds is 6. The molecule has 0 bridgehead atoms. The lowest BCUT2D eigenvalue weighted by Crippen LogP contribution is -2.17. The van der Waals surface area contributed by atoms with Gasteiger partial charge in [0.1, 0.15) is 11.9 Å². The van der Waals surface area contributed by atoms with Crippen molar-refractivity contribution in [2.75, 3.05) is 0 Å². The predicted molar refractivity (Wildman–Crippen MR) is 73.2 cm³/mol. The summed E-state index contributed by atoms with van der Waals surface area (Å²) in [6.45, 7) is 6.82. The SMILES string of the molecule is C=C(C)C(=O)OC(C)Cc1ccc(OP(=O)(O)O)cc1. The number of hydrogen-bond acceptors (Lipinski definition) is 4. The Labute approximate surface area is 117 Å². The van der Waals surface area contributed by atoms with Crippen molar-refractivity contribution in [2.45, 2.75) is 26.4 Å². The zero-order valence-corrected chi connectivity index (χ0v) is 12.2. The van der Waals surface area contributed by atoms with Crippen molar-refractivity contribution in [3.8, 4) is 5.75 Å². The lowest BCUT2D eigenvalue weighted by molar-refractivity contribution is -0.143. The van der Waals surface area contributed by atoms with E-state index < -0.39 is 13.8 Å². The topological polar surface area (TPSA) is 93.1 Å². The zero-order valence-electron chi connectivity index (χ0n) is 11.3. The van der Waals surface area contributed by atoms with E-state index >= 15 is 0 Å². The molecule has 0 aliphatic heterocycles. The molecule has 7 heteroatoms. The molecule has 0 saturated heterocycles. The van der Waals surface area contributed by atoms with Gasteiger partial charge in [0, 0.05) is 12.0 Å². The standard InChI is InChI=1S/C13H17O6P/c1-9(2)13(14)18-10(3)8-11-4-6-12(7-5-11)19-20(15,16)17/h4-7,10H,1,8H2,2-3H3,(H2,15,16,17). The Morgan fingerprint density at radius 1 is 1.35 bits per heavy atom. The van der Waals surface area contributed by atoms with Gasteiger partial charge < -0.3 is 9.26 Å². The van der Waals surface area contributed by atoms with Crippen molar-refractivity contribution in [3.63, 3.8) is 0 Å². The third-order valence-electron chi connectivity index (χ3n) is 2.33. The average Bonchev–Trinajstić information content (AvgIpc) is 2.29. The Morgan fingerprint density at radius 2 is 1.90 bits per heavy atom. The summed E-state index contributed by atoms with van der Waals surface area (Å²) in [5.41, 5.74) is 1.19. The molecule has 1 atom stereocenters. The first-order valence-electron chi connectivity index (χ1n) is 5.88. The molecule has 2 N–H and O–H groups in total. The Balaban J connectivity index is 2.59. The third-order valence-corrected chi connectivity index (χ3v) is 2.78. The fourth-order valence-corrected chi connectivity index (χ4v) is 1.88. The highest BCUT2D eigenvalue weighted by Crippen LogP contribution is 2.37. The van der Waals surface area contributed by atoms with Crippen LogP contribution in [-0.4, -0.2) is 21.9 Å². The maximum absolute atomic E-state index is 11.3. The predicted octanol–water partition coefficient (Wildman–Crippen LogP) is 2.21. The van der Waals surface area contributed by atoms with Crippen LogP contribution >= 0.6 is 7.82 Å². The van der Waals surface area contributed by atoms with Gasteiger partial charge in [0.2, 0.25) is 0 Å². The summed E-state index contributed by atoms with van der Waals surface area (Å²) in [5, 5.41) is 0. The second-order valence-corrected chi connectivity index (χ2v) is 5.59. The van der Waals surface area contributed by atoms with Gasteiger partial charge in [-0.3, -0.25) is 9.79 Å². The van der Waals surface area contributed by atoms with Crippen LogP contribution in [0.4, 0.5) is 0 Å². The molecule has 1 unspecified atom stereocenters. The normalized spacial score (nSPS) is 12.6. The molecular weight excluding hydrogens is 283 g/mol. The quantitative estimate of drug-likeness (QED) is 0.475. The third kappa shape index (κ3) is 6.02. The van der Waals surface area contributed by atoms with Crippen LogP contribution in [0.1, 0.15) is 19.4 Å². The Hall–Kier alpha value is -1.62. The molecule has 0 spiro atoms. The van der Waals surface area contributed by atoms with E-state index in [0.29, 0.717) is 12.0 Å². The molecule has 110 valence electrons. The monoisotopic (exact) mass is 300 g/mol. The summed E-state index contributed by atoms with van der Waals surface area (Å²) >= 11 is 0. The van der Waals surface area contributed by atoms with Gasteiger partial charge in [0.25, 0.3) is 0 Å². The van der Waals surface area contributed by atoms with Crippen molar-refractivity contribution in [1.29, 1.82) is 0 Å². The molecule has 0 aliphatic rings. The summed E-state index contributed by atoms with van der Waals surface area (Å²) in [6, 6.07) is 6.19. The number of esters is 1. The van der Waals surface area contributed by atoms with Gasteiger partial charge >= 0.3 is 13.8 Å². The lowest BCUT2D eigenvalue weighted by Gasteiger charge is -2.13. The first-order valence-corrected chi connectivity index (χ1v) is 7.41. The molecule has 0 aliphatic carbocycles. The maximum Gasteiger partial charge on any atom is 0.524 e. The first kappa shape index (κ1) is 16.4. The second-order valence-electron chi connectivity index (χ2n) is 4.43. The summed E-state index contributed by atoms with van der Waals surface area (Å²) in [6.07, 6.45) is 0.155. The van der Waals surface area contributed by atoms with Gasteiger partial charge in [-0.15, -0.1) is 0 Å². The summed E-state index contributed by atoms with van der Waals surface area (Å²) in [5.74, 6) is -0.368. The van der Waals surface area contributed by atoms with E-state index in [1.54, 1.807) is 26.0 Å². The van der Waals surface area contributed by atoms with Crippen LogP contribution in [0.15, 0.2) is 36.4 Å². The minimum atomic E-state index is -4.54. The number of benzene rings is 1. The minimum absolute atomic E-state index is 0.0775. The highest BCUT2D eigenvalue weighted by molar-refractivity contribution is 7.46. The van der Waals surface area contributed by atoms with E-state index in [1.807, 2.05) is 0 Å². The van der Waals surface area contributed by atoms with Crippen molar-refractivity contribution in [2.24, 2.45) is 0 Å². The lowest BCUT2D eigenvalue weighted by atomic mass is 10.1. The van der Waals surface area contributed by atoms with Gasteiger partial charge in [0.15, 0.2) is 0 Å². The largest absolute Gasteiger partial charge is 0.524 e. The number of phosphoric acid groups is 1. The molecule has 1 aromatic carbocycles. The van der Waals surface area contributed by atoms with Crippen LogP contribution in [0, 0.1) is 0 Å². The second kappa shape index (κ2) is 6.70. The molecule has 1 aromatic rings. The first-order chi connectivity index (χ1) is 9.17. The molecule has 0 radical (unpaired) electrons. The summed E-state index contributed by atoms with van der Waals surface area (Å²) < 4.78 is 20.2. The van der Waals surface area contributed by atoms with Gasteiger partial charge in [-0.05, 0) is 31.5 Å². The van der Waals surface area contributed by atoms with E-state index in [2.05, 4.69) is 11.1 Å². The number of carbonyl (C=O) groups excluding carboxylic acids is 1. The van der Waals surface area contributed by atoms with Gasteiger partial charge in [-0.2, -0.15) is 0 Å². The van der Waals surface area contributed by atoms with E-state index in [4.69, 9.17) is 14.5 Å². The number of ether oxygens (including phenoxy) is 1. The van der Waals surface area contributed by atoms with Crippen LogP contribution < -0.4 is 4.52 Å². The minimum Gasteiger partial charge on any atom is -0.459 e. The smallest absolute Gasteiger partial charge is 0.459 e. The highest BCUT2D eigenvalue weighted by atomic mass is 31.2. The molecule has 0 aromatic heterocycles. The number of hydrogen-bond donors (Lipinski definition) is 2. The van der Waals surface area contributed by atoms with Gasteiger partial charge in [0.05, 0.1) is 0 Å². The average molecular weight is 300 g/mol. The van der Waals surface area contributed by atoms with Gasteiger partial charge in [-0.25, -0.2) is 9.36 Å². The molecule has 0 heterocycles. The molecule has 1 rings (SSSR count). The Morgan fingerprint density at radius 3 is 2.35 bits per heavy atom. The maximum atomic E-state index is 11.3. The molecular formula is C13H17O6P. The fourth-order valence-electron chi connectivity index (χ4n) is 1.48. The van der Waals surface area contributed by atoms with Crippen LogP contribution in [0.25, 0.3) is 0 Å². The fraction of sp³-hybridized carbons (Fsp3) is 0.308. The van der Waals surface area contributed by atoms with Crippen LogP contribution in [0.5, 0.6) is 5.75 Å². The van der Waals surface area contributed by atoms with E-state index in [-0.39, 0.29) is 11.9 Å². The van der Waals surface area contributed by atoms with Crippen LogP contribution in [-0.2, 0) is 20.5 Å². The zero-order chi connectivity index (χ0) is 15.3. The van der Waals surface area contributed by atoms with Crippen LogP contribution in [0.3, 0.4) is 0 Å². The van der Waals surface area contributed by atoms with Gasteiger partial charge in [-0.1, -0.05) is 18.7 Å². The Kier molecular flexibility index (Phi) is 5.51. The van der Waals surface area contributed by atoms with E-state index in [0.717, 1.165) is 5.56 Å².